The smallest absolute Gasteiger partial charge is 0.417 e. The van der Waals surface area contributed by atoms with E-state index in [0.717, 1.165) is 6.07 Å². The minimum atomic E-state index is -4.61. The number of amides is 1. The van der Waals surface area contributed by atoms with Crippen LogP contribution in [0.3, 0.4) is 0 Å². The summed E-state index contributed by atoms with van der Waals surface area (Å²) in [6, 6.07) is 12.5. The van der Waals surface area contributed by atoms with Gasteiger partial charge in [0.2, 0.25) is 0 Å². The third-order valence-corrected chi connectivity index (χ3v) is 7.12. The molecule has 0 N–H and O–H groups in total. The summed E-state index contributed by atoms with van der Waals surface area (Å²) in [6.45, 7) is 4.98. The van der Waals surface area contributed by atoms with E-state index in [-0.39, 0.29) is 17.2 Å². The second kappa shape index (κ2) is 9.78. The number of hydrogen-bond acceptors (Lipinski definition) is 5. The van der Waals surface area contributed by atoms with Crippen LogP contribution >= 0.6 is 0 Å². The molecule has 6 nitrogen and oxygen atoms in total. The van der Waals surface area contributed by atoms with E-state index in [0.29, 0.717) is 62.8 Å². The summed E-state index contributed by atoms with van der Waals surface area (Å²) in [5, 5.41) is 9.13. The largest absolute Gasteiger partial charge is 0.497 e. The molecule has 0 radical (unpaired) electrons. The summed E-state index contributed by atoms with van der Waals surface area (Å²) in [7, 11) is 1.55. The Hall–Kier alpha value is -3.25. The SMILES string of the molecule is CCOCC12CCN(C(=O)c3cccc(OC)c3)CC1CN(c1ccc(C#N)c(C(F)(F)F)c1)C2. The number of nitriles is 1. The van der Waals surface area contributed by atoms with Crippen LogP contribution in [0.4, 0.5) is 18.9 Å². The van der Waals surface area contributed by atoms with E-state index in [1.807, 2.05) is 16.7 Å². The average Bonchev–Trinajstić information content (AvgIpc) is 3.25. The predicted octanol–water partition coefficient (Wildman–Crippen LogP) is 4.59. The maximum atomic E-state index is 13.6. The number of benzene rings is 2. The first-order valence-electron chi connectivity index (χ1n) is 11.6. The summed E-state index contributed by atoms with van der Waals surface area (Å²) in [6.07, 6.45) is -3.93. The Morgan fingerprint density at radius 3 is 2.71 bits per heavy atom. The molecule has 0 saturated carbocycles. The lowest BCUT2D eigenvalue weighted by molar-refractivity contribution is -0.137. The highest BCUT2D eigenvalue weighted by atomic mass is 19.4. The minimum Gasteiger partial charge on any atom is -0.497 e. The van der Waals surface area contributed by atoms with Crippen molar-refractivity contribution in [2.75, 3.05) is 51.4 Å². The van der Waals surface area contributed by atoms with E-state index in [4.69, 9.17) is 14.7 Å². The van der Waals surface area contributed by atoms with Gasteiger partial charge in [0.15, 0.2) is 0 Å². The summed E-state index contributed by atoms with van der Waals surface area (Å²) in [5.74, 6) is 0.541. The zero-order chi connectivity index (χ0) is 25.2. The van der Waals surface area contributed by atoms with Gasteiger partial charge in [-0.05, 0) is 49.7 Å². The Bertz CT molecular complexity index is 1130. The highest BCUT2D eigenvalue weighted by molar-refractivity contribution is 5.94. The lowest BCUT2D eigenvalue weighted by Crippen LogP contribution is -2.51. The number of hydrogen-bond donors (Lipinski definition) is 0. The standard InChI is InChI=1S/C26H28F3N3O3/c1-3-35-17-25-9-10-31(24(33)18-5-4-6-22(11-18)34-2)14-20(25)15-32(16-25)21-8-7-19(13-30)23(12-21)26(27,28)29/h4-8,11-12,20H,3,9-10,14-17H2,1-2H3. The van der Waals surface area contributed by atoms with Crippen LogP contribution < -0.4 is 9.64 Å². The first-order chi connectivity index (χ1) is 16.7. The Morgan fingerprint density at radius 1 is 1.23 bits per heavy atom. The molecule has 9 heteroatoms. The average molecular weight is 488 g/mol. The number of alkyl halides is 3. The highest BCUT2D eigenvalue weighted by Gasteiger charge is 2.50. The molecule has 2 aliphatic rings. The topological polar surface area (TPSA) is 65.8 Å². The van der Waals surface area contributed by atoms with Gasteiger partial charge in [-0.3, -0.25) is 4.79 Å². The van der Waals surface area contributed by atoms with Crippen molar-refractivity contribution >= 4 is 11.6 Å². The molecule has 2 fully saturated rings. The summed E-state index contributed by atoms with van der Waals surface area (Å²) >= 11 is 0. The van der Waals surface area contributed by atoms with Crippen LogP contribution in [0.25, 0.3) is 0 Å². The predicted molar refractivity (Wildman–Crippen MR) is 124 cm³/mol. The Labute approximate surface area is 202 Å². The molecule has 0 spiro atoms. The number of ether oxygens (including phenoxy) is 2. The number of carbonyl (C=O) groups is 1. The third kappa shape index (κ3) is 4.94. The molecule has 2 unspecified atom stereocenters. The fourth-order valence-corrected chi connectivity index (χ4v) is 5.20. The Kier molecular flexibility index (Phi) is 6.95. The summed E-state index contributed by atoms with van der Waals surface area (Å²) < 4.78 is 51.7. The third-order valence-electron chi connectivity index (χ3n) is 7.12. The zero-order valence-corrected chi connectivity index (χ0v) is 19.8. The fraction of sp³-hybridized carbons (Fsp3) is 0.462. The molecule has 186 valence electrons. The molecule has 2 aromatic rings. The lowest BCUT2D eigenvalue weighted by Gasteiger charge is -2.43. The molecule has 1 amide bonds. The van der Waals surface area contributed by atoms with Crippen molar-refractivity contribution in [2.24, 2.45) is 11.3 Å². The summed E-state index contributed by atoms with van der Waals surface area (Å²) in [5.41, 5.74) is -0.628. The second-order valence-electron chi connectivity index (χ2n) is 9.15. The molecule has 0 aliphatic carbocycles. The van der Waals surface area contributed by atoms with Crippen LogP contribution in [0.15, 0.2) is 42.5 Å². The van der Waals surface area contributed by atoms with Crippen molar-refractivity contribution in [3.8, 4) is 11.8 Å². The van der Waals surface area contributed by atoms with Gasteiger partial charge in [-0.25, -0.2) is 0 Å². The van der Waals surface area contributed by atoms with E-state index in [1.54, 1.807) is 43.5 Å². The molecule has 0 aromatic heterocycles. The molecule has 4 rings (SSSR count). The Balaban J connectivity index is 1.59. The molecule has 35 heavy (non-hydrogen) atoms. The van der Waals surface area contributed by atoms with Gasteiger partial charge in [0.1, 0.15) is 5.75 Å². The van der Waals surface area contributed by atoms with Crippen LogP contribution in [0.2, 0.25) is 0 Å². The normalized spacial score (nSPS) is 22.0. The van der Waals surface area contributed by atoms with E-state index in [1.165, 1.54) is 6.07 Å². The van der Waals surface area contributed by atoms with E-state index < -0.39 is 17.3 Å². The van der Waals surface area contributed by atoms with Crippen molar-refractivity contribution < 1.29 is 27.4 Å². The van der Waals surface area contributed by atoms with Gasteiger partial charge in [-0.1, -0.05) is 6.07 Å². The zero-order valence-electron chi connectivity index (χ0n) is 19.8. The summed E-state index contributed by atoms with van der Waals surface area (Å²) in [4.78, 5) is 17.0. The van der Waals surface area contributed by atoms with E-state index >= 15 is 0 Å². The number of halogens is 3. The molecular weight excluding hydrogens is 459 g/mol. The van der Waals surface area contributed by atoms with Gasteiger partial charge >= 0.3 is 6.18 Å². The quantitative estimate of drug-likeness (QED) is 0.596. The van der Waals surface area contributed by atoms with Gasteiger partial charge in [0, 0.05) is 55.4 Å². The minimum absolute atomic E-state index is 0.0299. The first-order valence-corrected chi connectivity index (χ1v) is 11.6. The number of likely N-dealkylation sites (tertiary alicyclic amines) is 1. The van der Waals surface area contributed by atoms with Crippen LogP contribution in [0.5, 0.6) is 5.75 Å². The molecule has 2 aromatic carbocycles. The number of piperidine rings is 1. The molecular formula is C26H28F3N3O3. The molecule has 2 atom stereocenters. The Morgan fingerprint density at radius 2 is 2.03 bits per heavy atom. The molecule has 0 bridgehead atoms. The maximum Gasteiger partial charge on any atom is 0.417 e. The second-order valence-corrected chi connectivity index (χ2v) is 9.15. The van der Waals surface area contributed by atoms with Gasteiger partial charge in [0.05, 0.1) is 30.9 Å². The number of nitrogens with zero attached hydrogens (tertiary/aromatic N) is 3. The van der Waals surface area contributed by atoms with Gasteiger partial charge in [-0.15, -0.1) is 0 Å². The maximum absolute atomic E-state index is 13.6. The van der Waals surface area contributed by atoms with Crippen molar-refractivity contribution in [1.82, 2.24) is 4.90 Å². The van der Waals surface area contributed by atoms with Crippen LogP contribution in [0, 0.1) is 22.7 Å². The fourth-order valence-electron chi connectivity index (χ4n) is 5.20. The van der Waals surface area contributed by atoms with Gasteiger partial charge in [-0.2, -0.15) is 18.4 Å². The van der Waals surface area contributed by atoms with E-state index in [9.17, 15) is 18.0 Å². The van der Waals surface area contributed by atoms with Crippen LogP contribution in [0.1, 0.15) is 34.8 Å². The lowest BCUT2D eigenvalue weighted by atomic mass is 9.73. The number of rotatable bonds is 6. The number of carbonyl (C=O) groups excluding carboxylic acids is 1. The van der Waals surface area contributed by atoms with Crippen LogP contribution in [-0.2, 0) is 10.9 Å². The number of fused-ring (bicyclic) bond motifs is 1. The van der Waals surface area contributed by atoms with Crippen LogP contribution in [-0.4, -0.2) is 57.3 Å². The van der Waals surface area contributed by atoms with Crippen molar-refractivity contribution in [3.63, 3.8) is 0 Å². The highest BCUT2D eigenvalue weighted by Crippen LogP contribution is 2.46. The first kappa shape index (κ1) is 24.9. The molecule has 2 saturated heterocycles. The van der Waals surface area contributed by atoms with Gasteiger partial charge in [0.25, 0.3) is 5.91 Å². The number of methoxy groups -OCH3 is 1. The van der Waals surface area contributed by atoms with E-state index in [2.05, 4.69) is 0 Å². The van der Waals surface area contributed by atoms with Crippen molar-refractivity contribution in [2.45, 2.75) is 19.5 Å². The number of anilines is 1. The molecule has 2 aliphatic heterocycles. The van der Waals surface area contributed by atoms with Gasteiger partial charge < -0.3 is 19.3 Å². The molecule has 2 heterocycles. The van der Waals surface area contributed by atoms with Crippen molar-refractivity contribution in [3.05, 3.63) is 59.2 Å². The monoisotopic (exact) mass is 487 g/mol. The van der Waals surface area contributed by atoms with Crippen molar-refractivity contribution in [1.29, 1.82) is 5.26 Å².